The van der Waals surface area contributed by atoms with Crippen molar-refractivity contribution in [3.05, 3.63) is 70.8 Å². The van der Waals surface area contributed by atoms with Crippen LogP contribution in [-0.2, 0) is 17.7 Å². The Hall–Kier alpha value is -3.49. The van der Waals surface area contributed by atoms with Gasteiger partial charge >= 0.3 is 0 Å². The maximum Gasteiger partial charge on any atom is 0.257 e. The lowest BCUT2D eigenvalue weighted by molar-refractivity contribution is 0.0715. The predicted octanol–water partition coefficient (Wildman–Crippen LogP) is 4.18. The quantitative estimate of drug-likeness (QED) is 0.454. The molecule has 2 aliphatic rings. The summed E-state index contributed by atoms with van der Waals surface area (Å²) in [6.07, 6.45) is 8.30. The van der Waals surface area contributed by atoms with Gasteiger partial charge in [0.2, 0.25) is 0 Å². The third-order valence-electron chi connectivity index (χ3n) is 7.41. The fourth-order valence-electron chi connectivity index (χ4n) is 5.32. The zero-order chi connectivity index (χ0) is 24.8. The first-order chi connectivity index (χ1) is 17.5. The summed E-state index contributed by atoms with van der Waals surface area (Å²) in [5.41, 5.74) is 8.73. The molecular formula is C28H32N6O2. The van der Waals surface area contributed by atoms with E-state index in [1.165, 1.54) is 22.3 Å². The predicted molar refractivity (Wildman–Crippen MR) is 139 cm³/mol. The average Bonchev–Trinajstić information content (AvgIpc) is 3.55. The van der Waals surface area contributed by atoms with Crippen LogP contribution in [0.5, 0.6) is 0 Å². The maximum absolute atomic E-state index is 13.4. The highest BCUT2D eigenvalue weighted by Crippen LogP contribution is 2.35. The van der Waals surface area contributed by atoms with Crippen LogP contribution in [-0.4, -0.2) is 56.9 Å². The molecular weight excluding hydrogens is 452 g/mol. The number of aromatic amines is 1. The van der Waals surface area contributed by atoms with Crippen LogP contribution in [0.1, 0.15) is 58.5 Å². The summed E-state index contributed by atoms with van der Waals surface area (Å²) in [4.78, 5) is 23.2. The number of fused-ring (bicyclic) bond motifs is 2. The Labute approximate surface area is 210 Å². The van der Waals surface area contributed by atoms with E-state index < -0.39 is 0 Å². The minimum absolute atomic E-state index is 0.0352. The van der Waals surface area contributed by atoms with E-state index in [9.17, 15) is 4.79 Å². The van der Waals surface area contributed by atoms with Crippen LogP contribution in [0, 0.1) is 6.92 Å². The molecule has 2 aliphatic heterocycles. The van der Waals surface area contributed by atoms with Gasteiger partial charge < -0.3 is 19.9 Å². The van der Waals surface area contributed by atoms with E-state index in [2.05, 4.69) is 59.4 Å². The first kappa shape index (κ1) is 22.9. The van der Waals surface area contributed by atoms with Crippen molar-refractivity contribution in [1.29, 1.82) is 0 Å². The number of carbonyl (C=O) groups is 1. The van der Waals surface area contributed by atoms with E-state index in [1.807, 2.05) is 28.2 Å². The van der Waals surface area contributed by atoms with Crippen molar-refractivity contribution < 1.29 is 9.53 Å². The molecule has 1 atom stereocenters. The second-order valence-electron chi connectivity index (χ2n) is 10.2. The summed E-state index contributed by atoms with van der Waals surface area (Å²) in [5.74, 6) is 0.0352. The fourth-order valence-corrected chi connectivity index (χ4v) is 5.32. The maximum atomic E-state index is 13.4. The number of nitrogens with one attached hydrogen (secondary N) is 2. The van der Waals surface area contributed by atoms with Crippen molar-refractivity contribution in [2.24, 2.45) is 0 Å². The number of aryl methyl sites for hydroxylation is 1. The van der Waals surface area contributed by atoms with Crippen molar-refractivity contribution in [1.82, 2.24) is 30.0 Å². The van der Waals surface area contributed by atoms with Crippen molar-refractivity contribution in [3.8, 4) is 11.1 Å². The van der Waals surface area contributed by atoms with Gasteiger partial charge in [0, 0.05) is 55.2 Å². The Kier molecular flexibility index (Phi) is 5.85. The number of nitrogens with zero attached hydrogens (tertiary/aromatic N) is 4. The molecule has 4 aromatic rings. The standard InChI is InChI=1S/C28H32N6O2/c1-17(2)34-14-22(13-32-34)28(35)33-6-4-19-8-20(21-10-23-18(3)11-30-27(23)31-12-21)9-24(25(19)15-33)26-16-36-7-5-29-26/h8-14,17,26,29H,4-7,15-16H2,1-3H3,(H,30,31)/t26-/m0/s1. The first-order valence-electron chi connectivity index (χ1n) is 12.7. The second-order valence-corrected chi connectivity index (χ2v) is 10.2. The van der Waals surface area contributed by atoms with Crippen LogP contribution in [0.15, 0.2) is 43.0 Å². The molecule has 1 aromatic carbocycles. The van der Waals surface area contributed by atoms with E-state index in [0.717, 1.165) is 41.7 Å². The second kappa shape index (κ2) is 9.19. The van der Waals surface area contributed by atoms with Gasteiger partial charge in [-0.1, -0.05) is 6.07 Å². The number of hydrogen-bond donors (Lipinski definition) is 2. The fraction of sp³-hybridized carbons (Fsp3) is 0.393. The molecule has 0 spiro atoms. The number of morpholine rings is 1. The molecule has 1 saturated heterocycles. The molecule has 0 radical (unpaired) electrons. The number of amides is 1. The van der Waals surface area contributed by atoms with Crippen LogP contribution in [0.25, 0.3) is 22.2 Å². The molecule has 2 N–H and O–H groups in total. The summed E-state index contributed by atoms with van der Waals surface area (Å²) >= 11 is 0. The Bertz CT molecular complexity index is 1430. The van der Waals surface area contributed by atoms with Gasteiger partial charge in [-0.15, -0.1) is 0 Å². The van der Waals surface area contributed by atoms with Gasteiger partial charge in [0.15, 0.2) is 0 Å². The molecule has 8 nitrogen and oxygen atoms in total. The SMILES string of the molecule is Cc1c[nH]c2ncc(-c3cc4c(c([C@@H]5COCCN5)c3)CN(C(=O)c3cnn(C(C)C)c3)CC4)cc12. The topological polar surface area (TPSA) is 88.1 Å². The van der Waals surface area contributed by atoms with Gasteiger partial charge in [-0.3, -0.25) is 9.48 Å². The van der Waals surface area contributed by atoms with Crippen molar-refractivity contribution in [3.63, 3.8) is 0 Å². The smallest absolute Gasteiger partial charge is 0.257 e. The van der Waals surface area contributed by atoms with Crippen LogP contribution in [0.2, 0.25) is 0 Å². The summed E-state index contributed by atoms with van der Waals surface area (Å²) in [6, 6.07) is 7.08. The van der Waals surface area contributed by atoms with Gasteiger partial charge in [0.25, 0.3) is 5.91 Å². The molecule has 0 bridgehead atoms. The van der Waals surface area contributed by atoms with Crippen molar-refractivity contribution in [2.45, 2.75) is 45.8 Å². The van der Waals surface area contributed by atoms with E-state index in [1.54, 1.807) is 6.20 Å². The molecule has 6 rings (SSSR count). The summed E-state index contributed by atoms with van der Waals surface area (Å²) in [5, 5.41) is 9.14. The van der Waals surface area contributed by atoms with Gasteiger partial charge in [0.05, 0.1) is 31.0 Å². The largest absolute Gasteiger partial charge is 0.378 e. The molecule has 1 amide bonds. The zero-order valence-electron chi connectivity index (χ0n) is 21.0. The third kappa shape index (κ3) is 4.10. The van der Waals surface area contributed by atoms with Crippen molar-refractivity contribution in [2.75, 3.05) is 26.3 Å². The number of rotatable bonds is 4. The lowest BCUT2D eigenvalue weighted by Gasteiger charge is -2.34. The minimum Gasteiger partial charge on any atom is -0.378 e. The molecule has 5 heterocycles. The number of carbonyl (C=O) groups excluding carboxylic acids is 1. The third-order valence-corrected chi connectivity index (χ3v) is 7.41. The minimum atomic E-state index is 0.0352. The molecule has 1 fully saturated rings. The molecule has 0 aliphatic carbocycles. The Balaban J connectivity index is 1.37. The summed E-state index contributed by atoms with van der Waals surface area (Å²) < 4.78 is 7.67. The number of H-pyrrole nitrogens is 1. The summed E-state index contributed by atoms with van der Waals surface area (Å²) in [7, 11) is 0. The first-order valence-corrected chi connectivity index (χ1v) is 12.7. The highest BCUT2D eigenvalue weighted by Gasteiger charge is 2.28. The number of hydrogen-bond acceptors (Lipinski definition) is 5. The number of pyridine rings is 1. The highest BCUT2D eigenvalue weighted by atomic mass is 16.5. The Morgan fingerprint density at radius 2 is 2.08 bits per heavy atom. The zero-order valence-corrected chi connectivity index (χ0v) is 21.0. The molecule has 186 valence electrons. The van der Waals surface area contributed by atoms with E-state index in [0.29, 0.717) is 25.3 Å². The van der Waals surface area contributed by atoms with E-state index in [-0.39, 0.29) is 18.0 Å². The van der Waals surface area contributed by atoms with Crippen LogP contribution in [0.4, 0.5) is 0 Å². The highest BCUT2D eigenvalue weighted by molar-refractivity contribution is 5.94. The van der Waals surface area contributed by atoms with Gasteiger partial charge in [-0.2, -0.15) is 5.10 Å². The number of benzene rings is 1. The Morgan fingerprint density at radius 1 is 1.19 bits per heavy atom. The Morgan fingerprint density at radius 3 is 2.86 bits per heavy atom. The van der Waals surface area contributed by atoms with Crippen LogP contribution >= 0.6 is 0 Å². The number of ether oxygens (including phenoxy) is 1. The van der Waals surface area contributed by atoms with Crippen LogP contribution < -0.4 is 5.32 Å². The van der Waals surface area contributed by atoms with Crippen molar-refractivity contribution >= 4 is 16.9 Å². The van der Waals surface area contributed by atoms with Gasteiger partial charge in [0.1, 0.15) is 5.65 Å². The monoisotopic (exact) mass is 484 g/mol. The molecule has 0 saturated carbocycles. The normalized spacial score (nSPS) is 18.1. The average molecular weight is 485 g/mol. The van der Waals surface area contributed by atoms with Gasteiger partial charge in [-0.05, 0) is 67.1 Å². The lowest BCUT2D eigenvalue weighted by Crippen LogP contribution is -2.39. The molecule has 0 unspecified atom stereocenters. The van der Waals surface area contributed by atoms with Crippen LogP contribution in [0.3, 0.4) is 0 Å². The van der Waals surface area contributed by atoms with E-state index in [4.69, 9.17) is 4.74 Å². The molecule has 3 aromatic heterocycles. The van der Waals surface area contributed by atoms with Gasteiger partial charge in [-0.25, -0.2) is 4.98 Å². The molecule has 36 heavy (non-hydrogen) atoms. The molecule has 8 heteroatoms. The number of aromatic nitrogens is 4. The van der Waals surface area contributed by atoms with E-state index >= 15 is 0 Å². The lowest BCUT2D eigenvalue weighted by atomic mass is 9.87. The summed E-state index contributed by atoms with van der Waals surface area (Å²) in [6.45, 7) is 9.65.